The lowest BCUT2D eigenvalue weighted by Crippen LogP contribution is -2.34. The zero-order valence-corrected chi connectivity index (χ0v) is 13.7. The molecule has 1 fully saturated rings. The fourth-order valence-corrected chi connectivity index (χ4v) is 4.26. The first kappa shape index (κ1) is 15.5. The first-order valence-corrected chi connectivity index (χ1v) is 9.66. The monoisotopic (exact) mass is 322 g/mol. The molecule has 0 aliphatic carbocycles. The minimum Gasteiger partial charge on any atom is -0.296 e. The molecule has 0 bridgehead atoms. The van der Waals surface area contributed by atoms with Crippen LogP contribution in [0.3, 0.4) is 0 Å². The first-order valence-electron chi connectivity index (χ1n) is 7.81. The maximum absolute atomic E-state index is 12.4. The quantitative estimate of drug-likeness (QED) is 0.792. The highest BCUT2D eigenvalue weighted by Gasteiger charge is 2.27. The molecule has 0 N–H and O–H groups in total. The number of Topliss-reactive ketones (excluding diaryl/α,β-unsaturated/α-hetero) is 1. The van der Waals surface area contributed by atoms with Gasteiger partial charge in [0.1, 0.15) is 0 Å². The molecule has 0 saturated carbocycles. The third kappa shape index (κ3) is 3.17. The van der Waals surface area contributed by atoms with E-state index in [1.165, 1.54) is 29.8 Å². The second-order valence-corrected chi connectivity index (χ2v) is 8.10. The Morgan fingerprint density at radius 1 is 1.14 bits per heavy atom. The van der Waals surface area contributed by atoms with Crippen molar-refractivity contribution in [3.05, 3.63) is 29.3 Å². The molecule has 0 amide bonds. The van der Waals surface area contributed by atoms with Gasteiger partial charge in [-0.15, -0.1) is 0 Å². The minimum absolute atomic E-state index is 0.127. The fourth-order valence-electron chi connectivity index (χ4n) is 3.30. The Morgan fingerprint density at radius 2 is 1.86 bits per heavy atom. The van der Waals surface area contributed by atoms with Crippen molar-refractivity contribution in [1.29, 1.82) is 0 Å². The lowest BCUT2D eigenvalue weighted by Gasteiger charge is -2.25. The number of benzene rings is 1. The maximum atomic E-state index is 12.4. The summed E-state index contributed by atoms with van der Waals surface area (Å²) in [5.41, 5.74) is 2.37. The second-order valence-electron chi connectivity index (χ2n) is 6.19. The molecule has 22 heavy (non-hydrogen) atoms. The van der Waals surface area contributed by atoms with Crippen molar-refractivity contribution in [2.75, 3.05) is 36.7 Å². The van der Waals surface area contributed by atoms with Crippen molar-refractivity contribution in [2.24, 2.45) is 0 Å². The van der Waals surface area contributed by atoms with E-state index in [2.05, 4.69) is 4.90 Å². The third-order valence-corrected chi connectivity index (χ3v) is 5.65. The van der Waals surface area contributed by atoms with Gasteiger partial charge in [-0.3, -0.25) is 14.0 Å². The van der Waals surface area contributed by atoms with Crippen LogP contribution >= 0.6 is 0 Å². The summed E-state index contributed by atoms with van der Waals surface area (Å²) in [6.07, 6.45) is 5.48. The summed E-state index contributed by atoms with van der Waals surface area (Å²) in [7, 11) is -3.23. The van der Waals surface area contributed by atoms with Gasteiger partial charge in [0.05, 0.1) is 18.5 Å². The summed E-state index contributed by atoms with van der Waals surface area (Å²) < 4.78 is 24.9. The topological polar surface area (TPSA) is 57.7 Å². The number of piperidine rings is 1. The number of hydrogen-bond acceptors (Lipinski definition) is 4. The SMILES string of the molecule is CS(=O)(=O)N1CCc2cc(C(=O)CN3CCCCC3)ccc21. The van der Waals surface area contributed by atoms with E-state index in [4.69, 9.17) is 0 Å². The van der Waals surface area contributed by atoms with Crippen molar-refractivity contribution in [3.63, 3.8) is 0 Å². The van der Waals surface area contributed by atoms with Crippen LogP contribution in [0.4, 0.5) is 5.69 Å². The number of likely N-dealkylation sites (tertiary alicyclic amines) is 1. The van der Waals surface area contributed by atoms with Gasteiger partial charge in [-0.1, -0.05) is 6.42 Å². The van der Waals surface area contributed by atoms with Crippen LogP contribution in [0.15, 0.2) is 18.2 Å². The van der Waals surface area contributed by atoms with Gasteiger partial charge in [0.25, 0.3) is 0 Å². The van der Waals surface area contributed by atoms with E-state index in [0.29, 0.717) is 25.1 Å². The number of fused-ring (bicyclic) bond motifs is 1. The molecule has 0 aromatic heterocycles. The van der Waals surface area contributed by atoms with Crippen molar-refractivity contribution in [1.82, 2.24) is 4.90 Å². The normalized spacial score (nSPS) is 19.2. The molecular formula is C16H22N2O3S. The van der Waals surface area contributed by atoms with Crippen LogP contribution in [0.2, 0.25) is 0 Å². The number of hydrogen-bond donors (Lipinski definition) is 0. The smallest absolute Gasteiger partial charge is 0.232 e. The number of carbonyl (C=O) groups excluding carboxylic acids is 1. The molecule has 0 atom stereocenters. The molecule has 0 unspecified atom stereocenters. The number of sulfonamides is 1. The second kappa shape index (κ2) is 6.01. The zero-order chi connectivity index (χ0) is 15.7. The number of rotatable bonds is 4. The Kier molecular flexibility index (Phi) is 4.23. The average molecular weight is 322 g/mol. The van der Waals surface area contributed by atoms with E-state index in [-0.39, 0.29) is 5.78 Å². The van der Waals surface area contributed by atoms with E-state index >= 15 is 0 Å². The Bertz CT molecular complexity index is 679. The van der Waals surface area contributed by atoms with Crippen LogP contribution in [0.1, 0.15) is 35.2 Å². The molecule has 1 saturated heterocycles. The standard InChI is InChI=1S/C16H22N2O3S/c1-22(20,21)18-10-7-13-11-14(5-6-15(13)18)16(19)12-17-8-3-2-4-9-17/h5-6,11H,2-4,7-10,12H2,1H3. The van der Waals surface area contributed by atoms with E-state index in [1.54, 1.807) is 12.1 Å². The number of ketones is 1. The maximum Gasteiger partial charge on any atom is 0.232 e. The molecule has 120 valence electrons. The van der Waals surface area contributed by atoms with Crippen molar-refractivity contribution in [3.8, 4) is 0 Å². The van der Waals surface area contributed by atoms with Crippen molar-refractivity contribution < 1.29 is 13.2 Å². The van der Waals surface area contributed by atoms with E-state index < -0.39 is 10.0 Å². The summed E-state index contributed by atoms with van der Waals surface area (Å²) >= 11 is 0. The summed E-state index contributed by atoms with van der Waals surface area (Å²) in [6, 6.07) is 5.40. The molecule has 3 rings (SSSR count). The predicted octanol–water partition coefficient (Wildman–Crippen LogP) is 1.68. The molecular weight excluding hydrogens is 300 g/mol. The van der Waals surface area contributed by atoms with Crippen LogP contribution in [-0.4, -0.2) is 51.5 Å². The van der Waals surface area contributed by atoms with Gasteiger partial charge < -0.3 is 0 Å². The summed E-state index contributed by atoms with van der Waals surface area (Å²) in [4.78, 5) is 14.6. The van der Waals surface area contributed by atoms with Gasteiger partial charge in [-0.2, -0.15) is 0 Å². The minimum atomic E-state index is -3.23. The molecule has 1 aromatic rings. The van der Waals surface area contributed by atoms with Crippen LogP contribution in [0, 0.1) is 0 Å². The molecule has 0 radical (unpaired) electrons. The van der Waals surface area contributed by atoms with Gasteiger partial charge in [0.15, 0.2) is 5.78 Å². The van der Waals surface area contributed by atoms with Gasteiger partial charge in [0, 0.05) is 12.1 Å². The molecule has 2 aliphatic heterocycles. The summed E-state index contributed by atoms with van der Waals surface area (Å²) in [6.45, 7) is 2.93. The van der Waals surface area contributed by atoms with Gasteiger partial charge in [-0.05, 0) is 56.1 Å². The fraction of sp³-hybridized carbons (Fsp3) is 0.562. The Labute approximate surface area is 132 Å². The number of nitrogens with zero attached hydrogens (tertiary/aromatic N) is 2. The number of anilines is 1. The lowest BCUT2D eigenvalue weighted by molar-refractivity contribution is 0.0915. The Morgan fingerprint density at radius 3 is 2.55 bits per heavy atom. The van der Waals surface area contributed by atoms with Crippen molar-refractivity contribution >= 4 is 21.5 Å². The van der Waals surface area contributed by atoms with Gasteiger partial charge >= 0.3 is 0 Å². The summed E-state index contributed by atoms with van der Waals surface area (Å²) in [5, 5.41) is 0. The summed E-state index contributed by atoms with van der Waals surface area (Å²) in [5.74, 6) is 0.127. The van der Waals surface area contributed by atoms with Gasteiger partial charge in [-0.25, -0.2) is 8.42 Å². The van der Waals surface area contributed by atoms with Crippen LogP contribution < -0.4 is 4.31 Å². The molecule has 6 heteroatoms. The Hall–Kier alpha value is -1.40. The molecule has 0 spiro atoms. The molecule has 1 aromatic carbocycles. The van der Waals surface area contributed by atoms with Crippen LogP contribution in [-0.2, 0) is 16.4 Å². The van der Waals surface area contributed by atoms with E-state index in [9.17, 15) is 13.2 Å². The third-order valence-electron chi connectivity index (χ3n) is 4.47. The highest BCUT2D eigenvalue weighted by molar-refractivity contribution is 7.92. The molecule has 5 nitrogen and oxygen atoms in total. The van der Waals surface area contributed by atoms with Gasteiger partial charge in [0.2, 0.25) is 10.0 Å². The average Bonchev–Trinajstić information content (AvgIpc) is 2.91. The first-order chi connectivity index (χ1) is 10.4. The van der Waals surface area contributed by atoms with E-state index in [0.717, 1.165) is 24.3 Å². The molecule has 2 heterocycles. The van der Waals surface area contributed by atoms with Crippen LogP contribution in [0.5, 0.6) is 0 Å². The highest BCUT2D eigenvalue weighted by Crippen LogP contribution is 2.30. The number of carbonyl (C=O) groups is 1. The lowest BCUT2D eigenvalue weighted by atomic mass is 10.0. The van der Waals surface area contributed by atoms with E-state index in [1.807, 2.05) is 6.07 Å². The largest absolute Gasteiger partial charge is 0.296 e. The van der Waals surface area contributed by atoms with Crippen LogP contribution in [0.25, 0.3) is 0 Å². The highest BCUT2D eigenvalue weighted by atomic mass is 32.2. The van der Waals surface area contributed by atoms with Crippen molar-refractivity contribution in [2.45, 2.75) is 25.7 Å². The Balaban J connectivity index is 1.75. The molecule has 2 aliphatic rings. The zero-order valence-electron chi connectivity index (χ0n) is 12.9. The predicted molar refractivity (Wildman–Crippen MR) is 87.0 cm³/mol.